The predicted molar refractivity (Wildman–Crippen MR) is 171 cm³/mol. The summed E-state index contributed by atoms with van der Waals surface area (Å²) in [6, 6.07) is 24.6. The van der Waals surface area contributed by atoms with E-state index in [1.165, 1.54) is 0 Å². The standard InChI is InChI=1S/C34H32N6O3S/c1-22-15-17-24(18-16-22)44(42,43)37-33(23-9-3-4-10-23)39-20-27(25-11-5-8-14-30(25)39)32-28(19-35)36-34(41)40(32)31-21-38(2)29-13-7-6-12-26(29)31/h5-8,11-18,20-21,23,33,37H,3-4,9-10H2,1-2H3,(H,36,41)/t33-/m1/s1. The van der Waals surface area contributed by atoms with Crippen LogP contribution in [0.3, 0.4) is 0 Å². The van der Waals surface area contributed by atoms with Crippen LogP contribution in [0.4, 0.5) is 0 Å². The van der Waals surface area contributed by atoms with Crippen molar-refractivity contribution in [3.8, 4) is 23.0 Å². The van der Waals surface area contributed by atoms with Crippen LogP contribution >= 0.6 is 0 Å². The van der Waals surface area contributed by atoms with Gasteiger partial charge in [0.05, 0.1) is 21.8 Å². The lowest BCUT2D eigenvalue weighted by Gasteiger charge is -2.27. The Morgan fingerprint density at radius 1 is 0.932 bits per heavy atom. The smallest absolute Gasteiger partial charge is 0.331 e. The van der Waals surface area contributed by atoms with Crippen molar-refractivity contribution in [2.24, 2.45) is 13.0 Å². The minimum absolute atomic E-state index is 0.0702. The molecule has 222 valence electrons. The summed E-state index contributed by atoms with van der Waals surface area (Å²) in [4.78, 5) is 16.5. The monoisotopic (exact) mass is 604 g/mol. The minimum Gasteiger partial charge on any atom is -0.348 e. The summed E-state index contributed by atoms with van der Waals surface area (Å²) >= 11 is 0. The molecule has 0 saturated heterocycles. The van der Waals surface area contributed by atoms with Gasteiger partial charge in [-0.3, -0.25) is 9.55 Å². The number of nitrogens with one attached hydrogen (secondary N) is 2. The summed E-state index contributed by atoms with van der Waals surface area (Å²) in [6.07, 6.45) is 7.04. The average molecular weight is 605 g/mol. The molecule has 1 aliphatic rings. The van der Waals surface area contributed by atoms with E-state index in [0.717, 1.165) is 53.1 Å². The van der Waals surface area contributed by atoms with Crippen LogP contribution in [0.5, 0.6) is 0 Å². The van der Waals surface area contributed by atoms with Gasteiger partial charge in [0.15, 0.2) is 0 Å². The predicted octanol–water partition coefficient (Wildman–Crippen LogP) is 6.13. The Morgan fingerprint density at radius 2 is 1.59 bits per heavy atom. The molecule has 0 amide bonds. The Morgan fingerprint density at radius 3 is 2.30 bits per heavy atom. The number of benzene rings is 3. The molecule has 1 atom stereocenters. The highest BCUT2D eigenvalue weighted by Gasteiger charge is 2.33. The molecule has 1 fully saturated rings. The minimum atomic E-state index is -3.85. The van der Waals surface area contributed by atoms with Crippen molar-refractivity contribution >= 4 is 31.8 Å². The largest absolute Gasteiger partial charge is 0.348 e. The number of nitriles is 1. The summed E-state index contributed by atoms with van der Waals surface area (Å²) in [6.45, 7) is 1.92. The van der Waals surface area contributed by atoms with Crippen LogP contribution in [0.2, 0.25) is 0 Å². The van der Waals surface area contributed by atoms with Gasteiger partial charge in [-0.05, 0) is 49.9 Å². The molecule has 3 aromatic heterocycles. The van der Waals surface area contributed by atoms with E-state index in [4.69, 9.17) is 0 Å². The van der Waals surface area contributed by atoms with E-state index in [1.54, 1.807) is 28.8 Å². The summed E-state index contributed by atoms with van der Waals surface area (Å²) in [5.74, 6) is 0.0702. The van der Waals surface area contributed by atoms with E-state index in [0.29, 0.717) is 16.9 Å². The van der Waals surface area contributed by atoms with Gasteiger partial charge < -0.3 is 9.13 Å². The van der Waals surface area contributed by atoms with E-state index >= 15 is 0 Å². The first kappa shape index (κ1) is 28.0. The number of H-pyrrole nitrogens is 1. The van der Waals surface area contributed by atoms with E-state index < -0.39 is 21.9 Å². The Hall–Kier alpha value is -4.85. The zero-order chi connectivity index (χ0) is 30.6. The van der Waals surface area contributed by atoms with Crippen molar-refractivity contribution in [2.45, 2.75) is 43.7 Å². The van der Waals surface area contributed by atoms with Crippen molar-refractivity contribution in [1.82, 2.24) is 23.4 Å². The Balaban J connectivity index is 1.45. The van der Waals surface area contributed by atoms with Crippen LogP contribution in [0.1, 0.15) is 43.1 Å². The zero-order valence-electron chi connectivity index (χ0n) is 24.5. The summed E-state index contributed by atoms with van der Waals surface area (Å²) < 4.78 is 36.0. The van der Waals surface area contributed by atoms with E-state index in [9.17, 15) is 18.5 Å². The Bertz CT molecular complexity index is 2240. The molecule has 3 aromatic carbocycles. The fourth-order valence-electron chi connectivity index (χ4n) is 6.72. The van der Waals surface area contributed by atoms with Gasteiger partial charge in [-0.2, -0.15) is 9.98 Å². The fraction of sp³-hybridized carbons (Fsp3) is 0.235. The van der Waals surface area contributed by atoms with Gasteiger partial charge in [-0.1, -0.05) is 66.9 Å². The highest BCUT2D eigenvalue weighted by molar-refractivity contribution is 7.89. The summed E-state index contributed by atoms with van der Waals surface area (Å²) in [7, 11) is -1.93. The second-order valence-corrected chi connectivity index (χ2v) is 13.3. The highest BCUT2D eigenvalue weighted by Crippen LogP contribution is 2.40. The Kier molecular flexibility index (Phi) is 6.80. The first-order valence-electron chi connectivity index (χ1n) is 14.8. The van der Waals surface area contributed by atoms with Crippen LogP contribution in [-0.4, -0.2) is 27.1 Å². The van der Waals surface area contributed by atoms with Crippen LogP contribution in [0, 0.1) is 24.2 Å². The highest BCUT2D eigenvalue weighted by atomic mass is 32.2. The van der Waals surface area contributed by atoms with Crippen molar-refractivity contribution in [1.29, 1.82) is 5.26 Å². The number of aryl methyl sites for hydroxylation is 2. The van der Waals surface area contributed by atoms with Crippen LogP contribution in [-0.2, 0) is 17.1 Å². The molecule has 1 aliphatic carbocycles. The van der Waals surface area contributed by atoms with Gasteiger partial charge >= 0.3 is 5.69 Å². The van der Waals surface area contributed by atoms with Crippen LogP contribution in [0.25, 0.3) is 38.8 Å². The lowest BCUT2D eigenvalue weighted by Crippen LogP contribution is -2.36. The maximum Gasteiger partial charge on any atom is 0.331 e. The molecule has 0 aliphatic heterocycles. The van der Waals surface area contributed by atoms with Gasteiger partial charge in [0.2, 0.25) is 10.0 Å². The number of imidazole rings is 1. The number of aromatic amines is 1. The SMILES string of the molecule is Cc1ccc(S(=O)(=O)N[C@@H](C2CCCC2)n2cc(-c3c(C#N)[nH]c(=O)n3-c3cn(C)c4ccccc34)c3ccccc32)cc1. The molecule has 0 bridgehead atoms. The third-order valence-corrected chi connectivity index (χ3v) is 10.3. The Labute approximate surface area is 255 Å². The van der Waals surface area contributed by atoms with E-state index in [1.807, 2.05) is 84.0 Å². The first-order chi connectivity index (χ1) is 21.3. The number of hydrogen-bond donors (Lipinski definition) is 2. The van der Waals surface area contributed by atoms with Crippen molar-refractivity contribution < 1.29 is 8.42 Å². The fourth-order valence-corrected chi connectivity index (χ4v) is 7.98. The molecule has 3 heterocycles. The molecule has 6 aromatic rings. The number of hydrogen-bond acceptors (Lipinski definition) is 4. The van der Waals surface area contributed by atoms with E-state index in [2.05, 4.69) is 15.8 Å². The number of nitrogens with zero attached hydrogens (tertiary/aromatic N) is 4. The second-order valence-electron chi connectivity index (χ2n) is 11.6. The second kappa shape index (κ2) is 10.7. The number of aromatic nitrogens is 4. The molecule has 7 rings (SSSR count). The third-order valence-electron chi connectivity index (χ3n) is 8.87. The molecule has 0 radical (unpaired) electrons. The van der Waals surface area contributed by atoms with Crippen LogP contribution < -0.4 is 10.4 Å². The maximum atomic E-state index is 13.7. The lowest BCUT2D eigenvalue weighted by atomic mass is 10.1. The van der Waals surface area contributed by atoms with Crippen molar-refractivity contribution in [2.75, 3.05) is 0 Å². The molecule has 0 unspecified atom stereocenters. The molecule has 0 spiro atoms. The third kappa shape index (κ3) is 4.56. The number of sulfonamides is 1. The summed E-state index contributed by atoms with van der Waals surface area (Å²) in [5, 5.41) is 11.9. The zero-order valence-corrected chi connectivity index (χ0v) is 25.3. The average Bonchev–Trinajstić information content (AvgIpc) is 3.81. The summed E-state index contributed by atoms with van der Waals surface area (Å²) in [5.41, 5.74) is 4.23. The molecular formula is C34H32N6O3S. The number of fused-ring (bicyclic) bond motifs is 2. The maximum absolute atomic E-state index is 13.7. The van der Waals surface area contributed by atoms with Gasteiger partial charge in [-0.15, -0.1) is 0 Å². The van der Waals surface area contributed by atoms with Gasteiger partial charge in [0, 0.05) is 41.3 Å². The molecule has 9 nitrogen and oxygen atoms in total. The first-order valence-corrected chi connectivity index (χ1v) is 16.2. The molecule has 10 heteroatoms. The molecule has 1 saturated carbocycles. The van der Waals surface area contributed by atoms with Crippen LogP contribution in [0.15, 0.2) is 94.9 Å². The van der Waals surface area contributed by atoms with Gasteiger partial charge in [0.25, 0.3) is 0 Å². The number of para-hydroxylation sites is 2. The molecular weight excluding hydrogens is 572 g/mol. The normalized spacial score (nSPS) is 14.8. The molecule has 2 N–H and O–H groups in total. The topological polar surface area (TPSA) is 118 Å². The molecule has 44 heavy (non-hydrogen) atoms. The quantitative estimate of drug-likeness (QED) is 0.228. The number of rotatable bonds is 7. The van der Waals surface area contributed by atoms with Gasteiger partial charge in [-0.25, -0.2) is 13.2 Å². The van der Waals surface area contributed by atoms with Gasteiger partial charge in [0.1, 0.15) is 17.9 Å². The lowest BCUT2D eigenvalue weighted by molar-refractivity contribution is 0.322. The van der Waals surface area contributed by atoms with E-state index in [-0.39, 0.29) is 16.5 Å². The van der Waals surface area contributed by atoms with Crippen molar-refractivity contribution in [3.63, 3.8) is 0 Å². The van der Waals surface area contributed by atoms with Crippen molar-refractivity contribution in [3.05, 3.63) is 107 Å².